The van der Waals surface area contributed by atoms with E-state index in [4.69, 9.17) is 0 Å². The Bertz CT molecular complexity index is 160. The van der Waals surface area contributed by atoms with Crippen LogP contribution in [0.3, 0.4) is 0 Å². The van der Waals surface area contributed by atoms with Gasteiger partial charge in [-0.05, 0) is 39.1 Å². The van der Waals surface area contributed by atoms with Gasteiger partial charge in [0.25, 0.3) is 0 Å². The summed E-state index contributed by atoms with van der Waals surface area (Å²) in [5, 5.41) is 0. The minimum absolute atomic E-state index is 1.09. The average molecular weight is 203 g/mol. The molecule has 0 unspecified atom stereocenters. The van der Waals surface area contributed by atoms with Crippen molar-refractivity contribution in [1.29, 1.82) is 0 Å². The molecule has 0 heterocycles. The highest BCUT2D eigenvalue weighted by molar-refractivity contribution is 9.11. The summed E-state index contributed by atoms with van der Waals surface area (Å²) >= 11 is 3.31. The normalized spacial score (nSPS) is 11.5. The van der Waals surface area contributed by atoms with Crippen LogP contribution in [0.1, 0.15) is 34.1 Å². The largest absolute Gasteiger partial charge is 0.0772 e. The van der Waals surface area contributed by atoms with Crippen LogP contribution in [0.5, 0.6) is 0 Å². The van der Waals surface area contributed by atoms with Gasteiger partial charge < -0.3 is 0 Å². The van der Waals surface area contributed by atoms with Crippen LogP contribution in [0.15, 0.2) is 21.7 Å². The van der Waals surface area contributed by atoms with Crippen molar-refractivity contribution in [1.82, 2.24) is 0 Å². The third kappa shape index (κ3) is 3.89. The third-order valence-electron chi connectivity index (χ3n) is 1.58. The third-order valence-corrected chi connectivity index (χ3v) is 2.37. The molecule has 1 heteroatoms. The van der Waals surface area contributed by atoms with Gasteiger partial charge in [-0.15, -0.1) is 0 Å². The lowest BCUT2D eigenvalue weighted by Gasteiger charge is -2.02. The highest BCUT2D eigenvalue weighted by atomic mass is 79.9. The molecule has 10 heavy (non-hydrogen) atoms. The van der Waals surface area contributed by atoms with Crippen molar-refractivity contribution >= 4 is 15.9 Å². The predicted octanol–water partition coefficient (Wildman–Crippen LogP) is 4.03. The van der Waals surface area contributed by atoms with Gasteiger partial charge in [0.2, 0.25) is 0 Å². The first-order valence-corrected chi connectivity index (χ1v) is 4.38. The average Bonchev–Trinajstić information content (AvgIpc) is 1.87. The maximum absolute atomic E-state index is 3.31. The van der Waals surface area contributed by atoms with Crippen LogP contribution < -0.4 is 0 Å². The Labute approximate surface area is 72.1 Å². The van der Waals surface area contributed by atoms with E-state index >= 15 is 0 Å². The van der Waals surface area contributed by atoms with E-state index in [1.165, 1.54) is 16.7 Å². The summed E-state index contributed by atoms with van der Waals surface area (Å²) in [5.74, 6) is 0. The fourth-order valence-electron chi connectivity index (χ4n) is 0.634. The summed E-state index contributed by atoms with van der Waals surface area (Å²) in [4.78, 5) is 1.99. The van der Waals surface area contributed by atoms with Crippen molar-refractivity contribution in [3.05, 3.63) is 21.7 Å². The smallest absolute Gasteiger partial charge is 0.0103 e. The maximum Gasteiger partial charge on any atom is -0.0103 e. The topological polar surface area (TPSA) is 0 Å². The lowest BCUT2D eigenvalue weighted by molar-refractivity contribution is 1.07. The zero-order chi connectivity index (χ0) is 8.15. The first kappa shape index (κ1) is 9.96. The second-order valence-corrected chi connectivity index (χ2v) is 3.37. The molecule has 0 aliphatic carbocycles. The maximum atomic E-state index is 3.31. The molecule has 0 aromatic heterocycles. The van der Waals surface area contributed by atoms with E-state index in [0.29, 0.717) is 0 Å². The number of rotatable bonds is 2. The quantitative estimate of drug-likeness (QED) is 0.594. The summed E-state index contributed by atoms with van der Waals surface area (Å²) in [6.45, 7) is 8.60. The van der Waals surface area contributed by atoms with Gasteiger partial charge >= 0.3 is 0 Å². The van der Waals surface area contributed by atoms with Gasteiger partial charge in [-0.25, -0.2) is 0 Å². The highest BCUT2D eigenvalue weighted by Gasteiger charge is 1.92. The lowest BCUT2D eigenvalue weighted by Crippen LogP contribution is -1.81. The number of hydrogen-bond donors (Lipinski definition) is 0. The molecule has 0 fully saturated rings. The van der Waals surface area contributed by atoms with Crippen molar-refractivity contribution in [2.75, 3.05) is 0 Å². The molecule has 0 saturated carbocycles. The molecule has 0 bridgehead atoms. The Hall–Kier alpha value is -0.0400. The summed E-state index contributed by atoms with van der Waals surface area (Å²) in [7, 11) is 0. The van der Waals surface area contributed by atoms with Crippen molar-refractivity contribution in [2.24, 2.45) is 0 Å². The van der Waals surface area contributed by atoms with E-state index in [0.717, 1.165) is 6.42 Å². The molecule has 0 atom stereocenters. The second-order valence-electron chi connectivity index (χ2n) is 2.91. The first-order valence-electron chi connectivity index (χ1n) is 3.46. The summed E-state index contributed by atoms with van der Waals surface area (Å²) in [6.07, 6.45) is 1.09. The van der Waals surface area contributed by atoms with Gasteiger partial charge in [0.05, 0.1) is 0 Å². The Kier molecular flexibility index (Phi) is 4.71. The van der Waals surface area contributed by atoms with E-state index in [1.54, 1.807) is 0 Å². The molecule has 0 aromatic carbocycles. The molecule has 0 amide bonds. The second kappa shape index (κ2) is 4.73. The van der Waals surface area contributed by atoms with E-state index < -0.39 is 0 Å². The molecule has 0 nitrogen and oxygen atoms in total. The van der Waals surface area contributed by atoms with Gasteiger partial charge in [0, 0.05) is 0 Å². The molecular weight excluding hydrogens is 188 g/mol. The fourth-order valence-corrected chi connectivity index (χ4v) is 0.795. The fraction of sp³-hybridized carbons (Fsp3) is 0.556. The van der Waals surface area contributed by atoms with Gasteiger partial charge in [-0.1, -0.05) is 32.6 Å². The monoisotopic (exact) mass is 202 g/mol. The highest BCUT2D eigenvalue weighted by Crippen LogP contribution is 2.14. The van der Waals surface area contributed by atoms with Crippen LogP contribution in [0.2, 0.25) is 0 Å². The van der Waals surface area contributed by atoms with Crippen molar-refractivity contribution in [2.45, 2.75) is 34.1 Å². The molecule has 0 aliphatic rings. The molecule has 0 rings (SSSR count). The van der Waals surface area contributed by atoms with Gasteiger partial charge in [0.15, 0.2) is 0 Å². The summed E-state index contributed by atoms with van der Waals surface area (Å²) in [6, 6.07) is 0. The molecule has 58 valence electrons. The van der Waals surface area contributed by atoms with Crippen LogP contribution >= 0.6 is 15.9 Å². The van der Waals surface area contributed by atoms with Crippen molar-refractivity contribution in [3.8, 4) is 0 Å². The molecular formula is C9H15Br. The molecule has 0 aliphatic heterocycles. The number of halogens is 1. The molecule has 0 radical (unpaired) electrons. The van der Waals surface area contributed by atoms with E-state index in [2.05, 4.69) is 43.6 Å². The molecule has 0 N–H and O–H groups in total. The number of allylic oxidation sites excluding steroid dienone is 3. The predicted molar refractivity (Wildman–Crippen MR) is 51.3 cm³/mol. The lowest BCUT2D eigenvalue weighted by atomic mass is 10.1. The SMILES string of the molecule is CC(=CBr)CC(C)=C(C)C. The van der Waals surface area contributed by atoms with Crippen LogP contribution in [0, 0.1) is 0 Å². The van der Waals surface area contributed by atoms with Gasteiger partial charge in [0.1, 0.15) is 0 Å². The van der Waals surface area contributed by atoms with Crippen LogP contribution in [-0.4, -0.2) is 0 Å². The minimum atomic E-state index is 1.09. The van der Waals surface area contributed by atoms with Crippen molar-refractivity contribution in [3.63, 3.8) is 0 Å². The van der Waals surface area contributed by atoms with Gasteiger partial charge in [-0.3, -0.25) is 0 Å². The van der Waals surface area contributed by atoms with E-state index in [-0.39, 0.29) is 0 Å². The minimum Gasteiger partial charge on any atom is -0.0772 e. The van der Waals surface area contributed by atoms with Crippen LogP contribution in [0.25, 0.3) is 0 Å². The standard InChI is InChI=1S/C9H15Br/c1-7(2)9(4)5-8(3)6-10/h6H,5H2,1-4H3. The van der Waals surface area contributed by atoms with Crippen LogP contribution in [0.4, 0.5) is 0 Å². The summed E-state index contributed by atoms with van der Waals surface area (Å²) in [5.41, 5.74) is 4.26. The number of hydrogen-bond acceptors (Lipinski definition) is 0. The van der Waals surface area contributed by atoms with E-state index in [1.807, 2.05) is 4.99 Å². The van der Waals surface area contributed by atoms with Gasteiger partial charge in [-0.2, -0.15) is 0 Å². The Morgan fingerprint density at radius 1 is 1.20 bits per heavy atom. The molecule has 0 spiro atoms. The Balaban J connectivity index is 4.05. The first-order chi connectivity index (χ1) is 4.57. The Morgan fingerprint density at radius 2 is 1.70 bits per heavy atom. The van der Waals surface area contributed by atoms with Crippen molar-refractivity contribution < 1.29 is 0 Å². The van der Waals surface area contributed by atoms with Crippen LogP contribution in [-0.2, 0) is 0 Å². The summed E-state index contributed by atoms with van der Waals surface area (Å²) < 4.78 is 0. The Morgan fingerprint density at radius 3 is 2.00 bits per heavy atom. The molecule has 0 aromatic rings. The molecule has 0 saturated heterocycles. The zero-order valence-electron chi connectivity index (χ0n) is 7.16. The van der Waals surface area contributed by atoms with E-state index in [9.17, 15) is 0 Å². The zero-order valence-corrected chi connectivity index (χ0v) is 8.75.